The predicted molar refractivity (Wildman–Crippen MR) is 122 cm³/mol. The number of rotatable bonds is 8. The molecule has 0 fully saturated rings. The summed E-state index contributed by atoms with van der Waals surface area (Å²) in [4.78, 5) is 12.0. The summed E-state index contributed by atoms with van der Waals surface area (Å²) in [6, 6.07) is 17.4. The number of hydrogen-bond donors (Lipinski definition) is 1. The Morgan fingerprint density at radius 2 is 1.87 bits per heavy atom. The Labute approximate surface area is 189 Å². The second-order valence-electron chi connectivity index (χ2n) is 6.90. The molecule has 7 heteroatoms. The summed E-state index contributed by atoms with van der Waals surface area (Å²) in [7, 11) is 1.56. The highest BCUT2D eigenvalue weighted by Crippen LogP contribution is 2.33. The first-order valence-corrected chi connectivity index (χ1v) is 10.4. The summed E-state index contributed by atoms with van der Waals surface area (Å²) in [6.45, 7) is 2.45. The lowest BCUT2D eigenvalue weighted by Crippen LogP contribution is -2.19. The first-order valence-electron chi connectivity index (χ1n) is 9.57. The lowest BCUT2D eigenvalue weighted by Gasteiger charge is -2.13. The van der Waals surface area contributed by atoms with Crippen LogP contribution in [-0.4, -0.2) is 19.2 Å². The lowest BCUT2D eigenvalue weighted by atomic mass is 10.1. The van der Waals surface area contributed by atoms with Crippen LogP contribution in [-0.2, 0) is 17.8 Å². The molecule has 0 unspecified atom stereocenters. The Balaban J connectivity index is 1.63. The summed E-state index contributed by atoms with van der Waals surface area (Å²) in [6.07, 6.45) is 1.62. The van der Waals surface area contributed by atoms with Crippen molar-refractivity contribution in [3.63, 3.8) is 0 Å². The molecule has 0 radical (unpaired) electrons. The average molecular weight is 485 g/mol. The van der Waals surface area contributed by atoms with Crippen LogP contribution in [0.25, 0.3) is 0 Å². The first kappa shape index (κ1) is 22.5. The number of carbonyl (C=O) groups is 1. The normalized spacial score (nSPS) is 10.8. The van der Waals surface area contributed by atoms with E-state index in [4.69, 9.17) is 9.47 Å². The van der Waals surface area contributed by atoms with Gasteiger partial charge >= 0.3 is 0 Å². The third kappa shape index (κ3) is 6.65. The molecule has 3 rings (SSSR count). The molecule has 0 spiro atoms. The number of halogens is 2. The van der Waals surface area contributed by atoms with Crippen molar-refractivity contribution < 1.29 is 18.7 Å². The van der Waals surface area contributed by atoms with E-state index in [0.29, 0.717) is 29.2 Å². The molecule has 0 aliphatic heterocycles. The summed E-state index contributed by atoms with van der Waals surface area (Å²) in [5, 5.41) is 4.00. The number of ether oxygens (including phenoxy) is 2. The molecule has 3 aromatic rings. The third-order valence-electron chi connectivity index (χ3n) is 4.43. The van der Waals surface area contributed by atoms with Crippen LogP contribution in [0.3, 0.4) is 0 Å². The third-order valence-corrected chi connectivity index (χ3v) is 5.12. The highest BCUT2D eigenvalue weighted by atomic mass is 79.9. The van der Waals surface area contributed by atoms with Gasteiger partial charge < -0.3 is 9.47 Å². The van der Waals surface area contributed by atoms with Crippen LogP contribution >= 0.6 is 15.9 Å². The van der Waals surface area contributed by atoms with E-state index < -0.39 is 0 Å². The number of hydrogen-bond acceptors (Lipinski definition) is 4. The SMILES string of the molecule is COc1cc(/C=N/NC(=O)Cc2ccc(F)cc2)c(Br)cc1OCc1cccc(C)c1. The minimum Gasteiger partial charge on any atom is -0.493 e. The van der Waals surface area contributed by atoms with Crippen LogP contribution in [0, 0.1) is 12.7 Å². The Kier molecular flexibility index (Phi) is 7.78. The van der Waals surface area contributed by atoms with Crippen molar-refractivity contribution >= 4 is 28.1 Å². The second kappa shape index (κ2) is 10.7. The average Bonchev–Trinajstić information content (AvgIpc) is 2.75. The Hall–Kier alpha value is -3.19. The molecule has 0 saturated heterocycles. The van der Waals surface area contributed by atoms with Gasteiger partial charge in [0.15, 0.2) is 11.5 Å². The summed E-state index contributed by atoms with van der Waals surface area (Å²) < 4.78 is 25.1. The molecule has 0 bridgehead atoms. The van der Waals surface area contributed by atoms with E-state index >= 15 is 0 Å². The molecule has 0 aliphatic carbocycles. The van der Waals surface area contributed by atoms with Gasteiger partial charge in [0.2, 0.25) is 5.91 Å². The van der Waals surface area contributed by atoms with E-state index in [1.165, 1.54) is 23.9 Å². The van der Waals surface area contributed by atoms with Gasteiger partial charge in [-0.15, -0.1) is 0 Å². The quantitative estimate of drug-likeness (QED) is 0.354. The number of nitrogens with one attached hydrogen (secondary N) is 1. The van der Waals surface area contributed by atoms with Gasteiger partial charge in [-0.05, 0) is 58.2 Å². The maximum atomic E-state index is 12.9. The van der Waals surface area contributed by atoms with Gasteiger partial charge in [-0.3, -0.25) is 4.79 Å². The number of benzene rings is 3. The number of carbonyl (C=O) groups excluding carboxylic acids is 1. The van der Waals surface area contributed by atoms with Gasteiger partial charge in [-0.2, -0.15) is 5.10 Å². The van der Waals surface area contributed by atoms with Crippen LogP contribution in [0.1, 0.15) is 22.3 Å². The second-order valence-corrected chi connectivity index (χ2v) is 7.75. The Bertz CT molecular complexity index is 1080. The maximum Gasteiger partial charge on any atom is 0.244 e. The zero-order valence-electron chi connectivity index (χ0n) is 17.2. The van der Waals surface area contributed by atoms with Crippen LogP contribution in [0.15, 0.2) is 70.2 Å². The van der Waals surface area contributed by atoms with Crippen molar-refractivity contribution in [3.05, 3.63) is 93.2 Å². The number of aryl methyl sites for hydroxylation is 1. The molecule has 5 nitrogen and oxygen atoms in total. The minimum absolute atomic E-state index is 0.105. The van der Waals surface area contributed by atoms with E-state index in [1.54, 1.807) is 31.4 Å². The fourth-order valence-corrected chi connectivity index (χ4v) is 3.31. The van der Waals surface area contributed by atoms with E-state index in [0.717, 1.165) is 10.0 Å². The molecule has 0 aromatic heterocycles. The number of amides is 1. The zero-order valence-corrected chi connectivity index (χ0v) is 18.8. The van der Waals surface area contributed by atoms with Crippen LogP contribution in [0.5, 0.6) is 11.5 Å². The predicted octanol–water partition coefficient (Wildman–Crippen LogP) is 5.18. The standard InChI is InChI=1S/C24H22BrFN2O3/c1-16-4-3-5-18(10-16)15-31-23-13-21(25)19(12-22(23)30-2)14-27-28-24(29)11-17-6-8-20(26)9-7-17/h3-10,12-14H,11,15H2,1-2H3,(H,28,29)/b27-14+. The fraction of sp³-hybridized carbons (Fsp3) is 0.167. The van der Waals surface area contributed by atoms with Crippen molar-refractivity contribution in [2.24, 2.45) is 5.10 Å². The number of nitrogens with zero attached hydrogens (tertiary/aromatic N) is 1. The van der Waals surface area contributed by atoms with Crippen molar-refractivity contribution in [1.29, 1.82) is 0 Å². The van der Waals surface area contributed by atoms with Crippen molar-refractivity contribution in [2.45, 2.75) is 20.0 Å². The summed E-state index contributed by atoms with van der Waals surface area (Å²) in [5.74, 6) is 0.500. The van der Waals surface area contributed by atoms with Gasteiger partial charge in [-0.25, -0.2) is 9.82 Å². The van der Waals surface area contributed by atoms with Crippen LogP contribution in [0.2, 0.25) is 0 Å². The van der Waals surface area contributed by atoms with E-state index in [-0.39, 0.29) is 18.1 Å². The first-order chi connectivity index (χ1) is 14.9. The molecule has 0 saturated carbocycles. The zero-order chi connectivity index (χ0) is 22.2. The van der Waals surface area contributed by atoms with Gasteiger partial charge in [0.1, 0.15) is 12.4 Å². The molecule has 1 amide bonds. The van der Waals surface area contributed by atoms with E-state index in [9.17, 15) is 9.18 Å². The smallest absolute Gasteiger partial charge is 0.244 e. The topological polar surface area (TPSA) is 59.9 Å². The van der Waals surface area contributed by atoms with E-state index in [1.807, 2.05) is 25.1 Å². The summed E-state index contributed by atoms with van der Waals surface area (Å²) >= 11 is 3.50. The Morgan fingerprint density at radius 3 is 2.58 bits per heavy atom. The maximum absolute atomic E-state index is 12.9. The molecular weight excluding hydrogens is 463 g/mol. The van der Waals surface area contributed by atoms with Crippen molar-refractivity contribution in [2.75, 3.05) is 7.11 Å². The Morgan fingerprint density at radius 1 is 1.10 bits per heavy atom. The molecule has 31 heavy (non-hydrogen) atoms. The van der Waals surface area contributed by atoms with Gasteiger partial charge in [-0.1, -0.05) is 42.0 Å². The lowest BCUT2D eigenvalue weighted by molar-refractivity contribution is -0.120. The minimum atomic E-state index is -0.340. The highest BCUT2D eigenvalue weighted by Gasteiger charge is 2.10. The number of hydrazone groups is 1. The van der Waals surface area contributed by atoms with Crippen molar-refractivity contribution in [3.8, 4) is 11.5 Å². The van der Waals surface area contributed by atoms with Gasteiger partial charge in [0.25, 0.3) is 0 Å². The largest absolute Gasteiger partial charge is 0.493 e. The number of methoxy groups -OCH3 is 1. The van der Waals surface area contributed by atoms with Gasteiger partial charge in [0, 0.05) is 10.0 Å². The molecular formula is C24H22BrFN2O3. The molecule has 0 heterocycles. The highest BCUT2D eigenvalue weighted by molar-refractivity contribution is 9.10. The van der Waals surface area contributed by atoms with Crippen LogP contribution < -0.4 is 14.9 Å². The van der Waals surface area contributed by atoms with E-state index in [2.05, 4.69) is 32.5 Å². The molecule has 0 atom stereocenters. The fourth-order valence-electron chi connectivity index (χ4n) is 2.89. The molecule has 160 valence electrons. The van der Waals surface area contributed by atoms with Crippen LogP contribution in [0.4, 0.5) is 4.39 Å². The molecule has 1 N–H and O–H groups in total. The van der Waals surface area contributed by atoms with Gasteiger partial charge in [0.05, 0.1) is 19.7 Å². The molecule has 0 aliphatic rings. The molecule has 3 aromatic carbocycles. The van der Waals surface area contributed by atoms with Crippen molar-refractivity contribution in [1.82, 2.24) is 5.43 Å². The monoisotopic (exact) mass is 484 g/mol. The summed E-state index contributed by atoms with van der Waals surface area (Å²) in [5.41, 5.74) is 6.11.